The molecule has 0 spiro atoms. The number of aromatic amines is 1. The van der Waals surface area contributed by atoms with Crippen LogP contribution in [0.2, 0.25) is 5.28 Å². The van der Waals surface area contributed by atoms with E-state index in [0.717, 1.165) is 11.8 Å². The van der Waals surface area contributed by atoms with Crippen LogP contribution < -0.4 is 5.32 Å². The van der Waals surface area contributed by atoms with Gasteiger partial charge in [-0.2, -0.15) is 15.1 Å². The smallest absolute Gasteiger partial charge is 0.226 e. The molecule has 0 radical (unpaired) electrons. The topological polar surface area (TPSA) is 96.0 Å². The molecule has 2 rings (SSSR count). The van der Waals surface area contributed by atoms with Crippen molar-refractivity contribution in [2.24, 2.45) is 0 Å². The highest BCUT2D eigenvalue weighted by Gasteiger charge is 2.07. The Kier molecular flexibility index (Phi) is 4.68. The summed E-state index contributed by atoms with van der Waals surface area (Å²) in [5.41, 5.74) is 0.606. The van der Waals surface area contributed by atoms with Gasteiger partial charge in [-0.3, -0.25) is 5.10 Å². The Balaban J connectivity index is 1.89. The number of nitrogens with one attached hydrogen (secondary N) is 2. The van der Waals surface area contributed by atoms with E-state index < -0.39 is 0 Å². The minimum Gasteiger partial charge on any atom is -0.394 e. The third-order valence-corrected chi connectivity index (χ3v) is 2.45. The quantitative estimate of drug-likeness (QED) is 0.510. The summed E-state index contributed by atoms with van der Waals surface area (Å²) in [7, 11) is 0. The molecule has 0 aliphatic heterocycles. The average molecular weight is 272 g/mol. The lowest BCUT2D eigenvalue weighted by Crippen LogP contribution is -2.09. The summed E-state index contributed by atoms with van der Waals surface area (Å²) in [4.78, 5) is 8.12. The van der Waals surface area contributed by atoms with Crippen molar-refractivity contribution in [3.8, 4) is 0 Å². The number of rotatable bonds is 7. The zero-order valence-electron chi connectivity index (χ0n) is 9.69. The summed E-state index contributed by atoms with van der Waals surface area (Å²) >= 11 is 5.80. The first-order chi connectivity index (χ1) is 8.81. The van der Waals surface area contributed by atoms with Crippen molar-refractivity contribution in [2.45, 2.75) is 6.42 Å². The molecule has 2 aromatic rings. The fourth-order valence-corrected chi connectivity index (χ4v) is 1.66. The van der Waals surface area contributed by atoms with Crippen molar-refractivity contribution < 1.29 is 9.84 Å². The number of hydrogen-bond donors (Lipinski definition) is 3. The van der Waals surface area contributed by atoms with Gasteiger partial charge in [0.1, 0.15) is 5.82 Å². The lowest BCUT2D eigenvalue weighted by atomic mass is 10.3. The second kappa shape index (κ2) is 6.48. The van der Waals surface area contributed by atoms with Crippen LogP contribution in [-0.2, 0) is 4.74 Å². The fraction of sp³-hybridized carbons (Fsp3) is 0.500. The summed E-state index contributed by atoms with van der Waals surface area (Å²) in [5.74, 6) is 0.654. The molecule has 98 valence electrons. The van der Waals surface area contributed by atoms with Crippen molar-refractivity contribution in [3.63, 3.8) is 0 Å². The molecule has 3 N–H and O–H groups in total. The molecule has 0 fully saturated rings. The van der Waals surface area contributed by atoms with E-state index >= 15 is 0 Å². The number of aliphatic hydroxyl groups excluding tert-OH is 1. The number of aliphatic hydroxyl groups is 1. The van der Waals surface area contributed by atoms with Crippen LogP contribution in [0.1, 0.15) is 6.42 Å². The molecule has 0 unspecified atom stereocenters. The maximum Gasteiger partial charge on any atom is 0.226 e. The molecule has 0 aliphatic carbocycles. The number of nitrogens with zero attached hydrogens (tertiary/aromatic N) is 3. The second-order valence-corrected chi connectivity index (χ2v) is 3.93. The van der Waals surface area contributed by atoms with Crippen LogP contribution in [0.15, 0.2) is 6.20 Å². The molecule has 18 heavy (non-hydrogen) atoms. The van der Waals surface area contributed by atoms with Gasteiger partial charge in [-0.05, 0) is 18.0 Å². The predicted octanol–water partition coefficient (Wildman–Crippen LogP) is 0.817. The van der Waals surface area contributed by atoms with E-state index in [2.05, 4.69) is 25.5 Å². The second-order valence-electron chi connectivity index (χ2n) is 3.59. The van der Waals surface area contributed by atoms with Crippen molar-refractivity contribution >= 4 is 28.5 Å². The van der Waals surface area contributed by atoms with Crippen LogP contribution in [0.5, 0.6) is 0 Å². The van der Waals surface area contributed by atoms with E-state index in [1.165, 1.54) is 0 Å². The van der Waals surface area contributed by atoms with Gasteiger partial charge in [-0.1, -0.05) is 0 Å². The Hall–Kier alpha value is -1.44. The first-order valence-corrected chi connectivity index (χ1v) is 5.98. The highest BCUT2D eigenvalue weighted by Crippen LogP contribution is 2.19. The number of H-pyrrole nitrogens is 1. The lowest BCUT2D eigenvalue weighted by molar-refractivity contribution is 0.0922. The average Bonchev–Trinajstić information content (AvgIpc) is 2.81. The van der Waals surface area contributed by atoms with Gasteiger partial charge < -0.3 is 15.2 Å². The van der Waals surface area contributed by atoms with Gasteiger partial charge in [0, 0.05) is 13.2 Å². The number of fused-ring (bicyclic) bond motifs is 1. The third-order valence-electron chi connectivity index (χ3n) is 2.28. The van der Waals surface area contributed by atoms with Gasteiger partial charge >= 0.3 is 0 Å². The van der Waals surface area contributed by atoms with Crippen molar-refractivity contribution in [2.75, 3.05) is 31.7 Å². The summed E-state index contributed by atoms with van der Waals surface area (Å²) in [6.45, 7) is 1.69. The van der Waals surface area contributed by atoms with E-state index in [-0.39, 0.29) is 11.9 Å². The number of anilines is 1. The van der Waals surface area contributed by atoms with Gasteiger partial charge in [0.05, 0.1) is 24.8 Å². The van der Waals surface area contributed by atoms with Crippen LogP contribution >= 0.6 is 11.6 Å². The van der Waals surface area contributed by atoms with Crippen LogP contribution in [0.25, 0.3) is 11.0 Å². The third kappa shape index (κ3) is 3.28. The number of hydrogen-bond acceptors (Lipinski definition) is 6. The Morgan fingerprint density at radius 3 is 3.11 bits per heavy atom. The molecule has 0 saturated carbocycles. The summed E-state index contributed by atoms with van der Waals surface area (Å²) < 4.78 is 5.15. The largest absolute Gasteiger partial charge is 0.394 e. The molecule has 7 nitrogen and oxygen atoms in total. The molecule has 8 heteroatoms. The van der Waals surface area contributed by atoms with E-state index in [4.69, 9.17) is 21.4 Å². The van der Waals surface area contributed by atoms with Gasteiger partial charge in [-0.15, -0.1) is 0 Å². The lowest BCUT2D eigenvalue weighted by Gasteiger charge is -2.06. The molecule has 0 aliphatic rings. The summed E-state index contributed by atoms with van der Waals surface area (Å²) in [6.07, 6.45) is 2.46. The van der Waals surface area contributed by atoms with Crippen LogP contribution in [0, 0.1) is 0 Å². The molecule has 0 atom stereocenters. The number of halogens is 1. The Morgan fingerprint density at radius 2 is 2.28 bits per heavy atom. The van der Waals surface area contributed by atoms with Crippen LogP contribution in [0.3, 0.4) is 0 Å². The Labute approximate surface area is 109 Å². The molecule has 0 amide bonds. The minimum absolute atomic E-state index is 0.0462. The maximum absolute atomic E-state index is 8.54. The SMILES string of the molecule is OCCOCCCNc1nc(Cl)nc2[nH]ncc12. The van der Waals surface area contributed by atoms with Crippen LogP contribution in [0.4, 0.5) is 5.82 Å². The zero-order chi connectivity index (χ0) is 12.8. The molecule has 2 aromatic heterocycles. The highest BCUT2D eigenvalue weighted by molar-refractivity contribution is 6.28. The fourth-order valence-electron chi connectivity index (χ4n) is 1.49. The van der Waals surface area contributed by atoms with E-state index in [9.17, 15) is 0 Å². The predicted molar refractivity (Wildman–Crippen MR) is 67.7 cm³/mol. The summed E-state index contributed by atoms with van der Waals surface area (Å²) in [6, 6.07) is 0. The molecular weight excluding hydrogens is 258 g/mol. The molecule has 0 saturated heterocycles. The van der Waals surface area contributed by atoms with Gasteiger partial charge in [0.15, 0.2) is 5.65 Å². The monoisotopic (exact) mass is 271 g/mol. The molecule has 2 heterocycles. The minimum atomic E-state index is 0.0462. The van der Waals surface area contributed by atoms with E-state index in [1.54, 1.807) is 6.20 Å². The Bertz CT molecular complexity index is 504. The van der Waals surface area contributed by atoms with Gasteiger partial charge in [-0.25, -0.2) is 0 Å². The Morgan fingerprint density at radius 1 is 1.39 bits per heavy atom. The number of aromatic nitrogens is 4. The van der Waals surface area contributed by atoms with E-state index in [1.807, 2.05) is 0 Å². The van der Waals surface area contributed by atoms with Gasteiger partial charge in [0.25, 0.3) is 0 Å². The highest BCUT2D eigenvalue weighted by atomic mass is 35.5. The first kappa shape index (κ1) is 13.0. The van der Waals surface area contributed by atoms with Crippen molar-refractivity contribution in [3.05, 3.63) is 11.5 Å². The van der Waals surface area contributed by atoms with Crippen molar-refractivity contribution in [1.29, 1.82) is 0 Å². The molecule has 0 bridgehead atoms. The zero-order valence-corrected chi connectivity index (χ0v) is 10.4. The maximum atomic E-state index is 8.54. The number of ether oxygens (including phenoxy) is 1. The normalized spacial score (nSPS) is 11.0. The van der Waals surface area contributed by atoms with Gasteiger partial charge in [0.2, 0.25) is 5.28 Å². The van der Waals surface area contributed by atoms with Crippen molar-refractivity contribution in [1.82, 2.24) is 20.2 Å². The molecule has 0 aromatic carbocycles. The van der Waals surface area contributed by atoms with E-state index in [0.29, 0.717) is 31.2 Å². The van der Waals surface area contributed by atoms with Crippen LogP contribution in [-0.4, -0.2) is 51.6 Å². The molecular formula is C10H14ClN5O2. The standard InChI is InChI=1S/C10H14ClN5O2/c11-10-14-8(7-6-13-16-9(7)15-10)12-2-1-4-18-5-3-17/h6,17H,1-5H2,(H2,12,13,14,15,16). The summed E-state index contributed by atoms with van der Waals surface area (Å²) in [5, 5.41) is 19.3. The first-order valence-electron chi connectivity index (χ1n) is 5.60.